The van der Waals surface area contributed by atoms with Crippen molar-refractivity contribution in [1.82, 2.24) is 4.98 Å². The summed E-state index contributed by atoms with van der Waals surface area (Å²) < 4.78 is 6.09. The molecule has 1 aromatic heterocycles. The van der Waals surface area contributed by atoms with Crippen LogP contribution < -0.4 is 4.74 Å². The Kier molecular flexibility index (Phi) is 3.32. The van der Waals surface area contributed by atoms with Gasteiger partial charge in [-0.3, -0.25) is 4.79 Å². The predicted octanol–water partition coefficient (Wildman–Crippen LogP) is 4.42. The van der Waals surface area contributed by atoms with Gasteiger partial charge >= 0.3 is 0 Å². The van der Waals surface area contributed by atoms with Gasteiger partial charge in [-0.25, -0.2) is 0 Å². The van der Waals surface area contributed by atoms with Crippen LogP contribution in [0.5, 0.6) is 5.75 Å². The lowest BCUT2D eigenvalue weighted by atomic mass is 10.1. The van der Waals surface area contributed by atoms with Crippen LogP contribution in [0, 0.1) is 0 Å². The van der Waals surface area contributed by atoms with Crippen molar-refractivity contribution < 1.29 is 9.53 Å². The monoisotopic (exact) mass is 329 g/mol. The van der Waals surface area contributed by atoms with Gasteiger partial charge in [-0.05, 0) is 51.8 Å². The highest BCUT2D eigenvalue weighted by Crippen LogP contribution is 2.33. The van der Waals surface area contributed by atoms with E-state index in [2.05, 4.69) is 20.9 Å². The number of aromatic amines is 1. The molecule has 0 saturated carbocycles. The van der Waals surface area contributed by atoms with Gasteiger partial charge < -0.3 is 9.72 Å². The maximum Gasteiger partial charge on any atom is 0.152 e. The lowest BCUT2D eigenvalue weighted by Crippen LogP contribution is -1.86. The molecule has 1 heterocycles. The van der Waals surface area contributed by atoms with Crippen LogP contribution in [-0.2, 0) is 0 Å². The van der Waals surface area contributed by atoms with E-state index < -0.39 is 0 Å². The number of fused-ring (bicyclic) bond motifs is 1. The highest BCUT2D eigenvalue weighted by atomic mass is 79.9. The smallest absolute Gasteiger partial charge is 0.152 e. The number of carbonyl (C=O) groups is 1. The summed E-state index contributed by atoms with van der Waals surface area (Å²) in [6.45, 7) is 0. The Hall–Kier alpha value is -2.07. The molecule has 0 bridgehead atoms. The van der Waals surface area contributed by atoms with Crippen LogP contribution in [0.4, 0.5) is 0 Å². The topological polar surface area (TPSA) is 42.1 Å². The van der Waals surface area contributed by atoms with Gasteiger partial charge in [0.05, 0.1) is 18.3 Å². The van der Waals surface area contributed by atoms with Crippen molar-refractivity contribution in [1.29, 1.82) is 0 Å². The van der Waals surface area contributed by atoms with E-state index in [0.29, 0.717) is 5.56 Å². The number of aldehydes is 1. The number of para-hydroxylation sites is 1. The molecule has 0 saturated heterocycles. The van der Waals surface area contributed by atoms with Crippen LogP contribution in [0.15, 0.2) is 46.9 Å². The van der Waals surface area contributed by atoms with Crippen LogP contribution in [0.1, 0.15) is 10.4 Å². The molecule has 20 heavy (non-hydrogen) atoms. The normalized spacial score (nSPS) is 10.7. The molecule has 100 valence electrons. The second-order valence-corrected chi connectivity index (χ2v) is 5.28. The van der Waals surface area contributed by atoms with Gasteiger partial charge in [0.2, 0.25) is 0 Å². The summed E-state index contributed by atoms with van der Waals surface area (Å²) in [5, 5.41) is 0.917. The molecule has 0 atom stereocenters. The fourth-order valence-corrected chi connectivity index (χ4v) is 2.78. The van der Waals surface area contributed by atoms with E-state index in [1.54, 1.807) is 7.11 Å². The number of benzene rings is 2. The number of hydrogen-bond donors (Lipinski definition) is 1. The SMILES string of the molecule is COc1ccc(-c2[nH]c3c(Br)cccc3c2C=O)cc1. The highest BCUT2D eigenvalue weighted by molar-refractivity contribution is 9.10. The first-order valence-corrected chi connectivity index (χ1v) is 6.93. The largest absolute Gasteiger partial charge is 0.497 e. The molecule has 3 rings (SSSR count). The molecule has 3 nitrogen and oxygen atoms in total. The van der Waals surface area contributed by atoms with Crippen LogP contribution in [0.2, 0.25) is 0 Å². The third-order valence-electron chi connectivity index (χ3n) is 3.32. The van der Waals surface area contributed by atoms with E-state index >= 15 is 0 Å². The molecular weight excluding hydrogens is 318 g/mol. The number of halogens is 1. The molecule has 4 heteroatoms. The molecule has 2 aromatic carbocycles. The number of carbonyl (C=O) groups excluding carboxylic acids is 1. The van der Waals surface area contributed by atoms with Crippen LogP contribution in [0.3, 0.4) is 0 Å². The lowest BCUT2D eigenvalue weighted by Gasteiger charge is -2.02. The molecule has 0 radical (unpaired) electrons. The second-order valence-electron chi connectivity index (χ2n) is 4.42. The fourth-order valence-electron chi connectivity index (χ4n) is 2.31. The fraction of sp³-hybridized carbons (Fsp3) is 0.0625. The molecule has 0 spiro atoms. The van der Waals surface area contributed by atoms with E-state index in [1.165, 1.54) is 0 Å². The van der Waals surface area contributed by atoms with Crippen LogP contribution in [0.25, 0.3) is 22.2 Å². The van der Waals surface area contributed by atoms with Crippen molar-refractivity contribution in [2.45, 2.75) is 0 Å². The number of methoxy groups -OCH3 is 1. The Balaban J connectivity index is 2.24. The summed E-state index contributed by atoms with van der Waals surface area (Å²) in [6, 6.07) is 13.4. The zero-order valence-electron chi connectivity index (χ0n) is 10.8. The van der Waals surface area contributed by atoms with Crippen molar-refractivity contribution >= 4 is 33.1 Å². The Labute approximate surface area is 124 Å². The molecule has 0 amide bonds. The first-order valence-electron chi connectivity index (χ1n) is 6.14. The van der Waals surface area contributed by atoms with Crippen LogP contribution >= 0.6 is 15.9 Å². The van der Waals surface area contributed by atoms with Crippen molar-refractivity contribution in [3.8, 4) is 17.0 Å². The van der Waals surface area contributed by atoms with Crippen molar-refractivity contribution in [3.05, 3.63) is 52.5 Å². The molecule has 1 N–H and O–H groups in total. The number of H-pyrrole nitrogens is 1. The van der Waals surface area contributed by atoms with Gasteiger partial charge in [-0.1, -0.05) is 12.1 Å². The second kappa shape index (κ2) is 5.13. The summed E-state index contributed by atoms with van der Waals surface area (Å²) in [5.41, 5.74) is 3.38. The third kappa shape index (κ3) is 2.02. The van der Waals surface area contributed by atoms with Crippen molar-refractivity contribution in [2.24, 2.45) is 0 Å². The van der Waals surface area contributed by atoms with E-state index in [1.807, 2.05) is 42.5 Å². The maximum atomic E-state index is 11.5. The Morgan fingerprint density at radius 2 is 1.90 bits per heavy atom. The van der Waals surface area contributed by atoms with Crippen molar-refractivity contribution in [3.63, 3.8) is 0 Å². The molecule has 0 unspecified atom stereocenters. The Bertz CT molecular complexity index is 775. The summed E-state index contributed by atoms with van der Waals surface area (Å²) in [5.74, 6) is 0.790. The Morgan fingerprint density at radius 3 is 2.55 bits per heavy atom. The summed E-state index contributed by atoms with van der Waals surface area (Å²) in [6.07, 6.45) is 0.894. The first-order chi connectivity index (χ1) is 9.74. The van der Waals surface area contributed by atoms with E-state index in [-0.39, 0.29) is 0 Å². The van der Waals surface area contributed by atoms with Gasteiger partial charge in [0.25, 0.3) is 0 Å². The standard InChI is InChI=1S/C16H12BrNO2/c1-20-11-7-5-10(6-8-11)15-13(9-19)12-3-2-4-14(17)16(12)18-15/h2-9,18H,1H3. The molecule has 0 aliphatic rings. The third-order valence-corrected chi connectivity index (χ3v) is 3.98. The average Bonchev–Trinajstić information content (AvgIpc) is 2.87. The van der Waals surface area contributed by atoms with E-state index in [0.717, 1.165) is 38.7 Å². The molecular formula is C16H12BrNO2. The summed E-state index contributed by atoms with van der Waals surface area (Å²) in [7, 11) is 1.63. The number of hydrogen-bond acceptors (Lipinski definition) is 2. The molecule has 0 fully saturated rings. The predicted molar refractivity (Wildman–Crippen MR) is 83.4 cm³/mol. The minimum absolute atomic E-state index is 0.673. The lowest BCUT2D eigenvalue weighted by molar-refractivity contribution is 0.112. The molecule has 3 aromatic rings. The van der Waals surface area contributed by atoms with Crippen LogP contribution in [-0.4, -0.2) is 18.4 Å². The zero-order valence-corrected chi connectivity index (χ0v) is 12.4. The quantitative estimate of drug-likeness (QED) is 0.723. The zero-order chi connectivity index (χ0) is 14.1. The molecule has 0 aliphatic carbocycles. The van der Waals surface area contributed by atoms with Gasteiger partial charge in [0.1, 0.15) is 5.75 Å². The summed E-state index contributed by atoms with van der Waals surface area (Å²) >= 11 is 3.50. The van der Waals surface area contributed by atoms with Gasteiger partial charge in [0, 0.05) is 15.4 Å². The maximum absolute atomic E-state index is 11.5. The number of nitrogens with one attached hydrogen (secondary N) is 1. The van der Waals surface area contributed by atoms with Gasteiger partial charge in [-0.15, -0.1) is 0 Å². The van der Waals surface area contributed by atoms with E-state index in [9.17, 15) is 4.79 Å². The van der Waals surface area contributed by atoms with E-state index in [4.69, 9.17) is 4.74 Å². The first kappa shape index (κ1) is 12.9. The minimum Gasteiger partial charge on any atom is -0.497 e. The Morgan fingerprint density at radius 1 is 1.15 bits per heavy atom. The van der Waals surface area contributed by atoms with Crippen molar-refractivity contribution in [2.75, 3.05) is 7.11 Å². The van der Waals surface area contributed by atoms with Gasteiger partial charge in [0.15, 0.2) is 6.29 Å². The highest BCUT2D eigenvalue weighted by Gasteiger charge is 2.14. The minimum atomic E-state index is 0.673. The molecule has 0 aliphatic heterocycles. The average molecular weight is 330 g/mol. The number of ether oxygens (including phenoxy) is 1. The number of rotatable bonds is 3. The summed E-state index contributed by atoms with van der Waals surface area (Å²) in [4.78, 5) is 14.8. The van der Waals surface area contributed by atoms with Gasteiger partial charge in [-0.2, -0.15) is 0 Å². The number of aromatic nitrogens is 1.